The highest BCUT2D eigenvalue weighted by Gasteiger charge is 2.13. The molecule has 0 saturated heterocycles. The van der Waals surface area contributed by atoms with Gasteiger partial charge >= 0.3 is 0 Å². The minimum Gasteiger partial charge on any atom is -0.392 e. The second-order valence-corrected chi connectivity index (χ2v) is 6.27. The van der Waals surface area contributed by atoms with Gasteiger partial charge in [-0.1, -0.05) is 56.6 Å². The van der Waals surface area contributed by atoms with E-state index in [1.54, 1.807) is 6.07 Å². The van der Waals surface area contributed by atoms with Gasteiger partial charge in [-0.2, -0.15) is 0 Å². The Morgan fingerprint density at radius 2 is 1.58 bits per heavy atom. The Hall–Kier alpha value is -1.31. The minimum absolute atomic E-state index is 0.00757. The first-order valence-electron chi connectivity index (χ1n) is 6.41. The Balaban J connectivity index is 2.40. The van der Waals surface area contributed by atoms with Crippen molar-refractivity contribution in [2.24, 2.45) is 0 Å². The number of aliphatic hydroxyl groups is 1. The number of benzene rings is 2. The van der Waals surface area contributed by atoms with Crippen molar-refractivity contribution in [3.05, 3.63) is 58.6 Å². The summed E-state index contributed by atoms with van der Waals surface area (Å²) in [5.41, 5.74) is 4.45. The van der Waals surface area contributed by atoms with Gasteiger partial charge in [0.15, 0.2) is 0 Å². The zero-order chi connectivity index (χ0) is 14.0. The Bertz CT molecular complexity index is 565. The third kappa shape index (κ3) is 3.37. The number of halogens is 1. The van der Waals surface area contributed by atoms with Gasteiger partial charge in [0.25, 0.3) is 0 Å². The second-order valence-electron chi connectivity index (χ2n) is 5.83. The smallest absolute Gasteiger partial charge is 0.0682 e. The van der Waals surface area contributed by atoms with Crippen LogP contribution >= 0.6 is 11.6 Å². The summed E-state index contributed by atoms with van der Waals surface area (Å²) < 4.78 is 0. The van der Waals surface area contributed by atoms with E-state index in [4.69, 9.17) is 11.6 Å². The first kappa shape index (κ1) is 14.1. The van der Waals surface area contributed by atoms with Crippen molar-refractivity contribution in [3.8, 4) is 11.1 Å². The molecule has 2 aromatic rings. The molecule has 2 aromatic carbocycles. The summed E-state index contributed by atoms with van der Waals surface area (Å²) in [6.45, 7) is 6.61. The molecule has 1 N–H and O–H groups in total. The van der Waals surface area contributed by atoms with Gasteiger partial charge in [0.1, 0.15) is 0 Å². The molecule has 0 aromatic heterocycles. The van der Waals surface area contributed by atoms with E-state index >= 15 is 0 Å². The van der Waals surface area contributed by atoms with Crippen molar-refractivity contribution in [1.82, 2.24) is 0 Å². The average molecular weight is 275 g/mol. The van der Waals surface area contributed by atoms with Crippen LogP contribution in [0.25, 0.3) is 11.1 Å². The Labute approximate surface area is 119 Å². The lowest BCUT2D eigenvalue weighted by molar-refractivity contribution is 0.282. The van der Waals surface area contributed by atoms with Crippen LogP contribution in [0.3, 0.4) is 0 Å². The molecule has 0 spiro atoms. The van der Waals surface area contributed by atoms with Gasteiger partial charge in [-0.15, -0.1) is 0 Å². The lowest BCUT2D eigenvalue weighted by Crippen LogP contribution is -2.10. The van der Waals surface area contributed by atoms with Crippen molar-refractivity contribution in [2.45, 2.75) is 32.8 Å². The van der Waals surface area contributed by atoms with E-state index in [2.05, 4.69) is 45.0 Å². The number of aliphatic hydroxyl groups excluding tert-OH is 1. The molecule has 0 aliphatic carbocycles. The molecule has 0 amide bonds. The zero-order valence-corrected chi connectivity index (χ0v) is 12.3. The normalized spacial score (nSPS) is 11.6. The van der Waals surface area contributed by atoms with Crippen molar-refractivity contribution in [2.75, 3.05) is 0 Å². The largest absolute Gasteiger partial charge is 0.392 e. The maximum Gasteiger partial charge on any atom is 0.0682 e. The summed E-state index contributed by atoms with van der Waals surface area (Å²) in [4.78, 5) is 0. The molecule has 0 saturated carbocycles. The third-order valence-corrected chi connectivity index (χ3v) is 3.44. The molecule has 0 bridgehead atoms. The predicted molar refractivity (Wildman–Crippen MR) is 81.5 cm³/mol. The van der Waals surface area contributed by atoms with Gasteiger partial charge in [0, 0.05) is 5.02 Å². The van der Waals surface area contributed by atoms with Gasteiger partial charge in [0.2, 0.25) is 0 Å². The molecule has 100 valence electrons. The van der Waals surface area contributed by atoms with Crippen LogP contribution in [-0.4, -0.2) is 5.11 Å². The fourth-order valence-corrected chi connectivity index (χ4v) is 2.33. The Kier molecular flexibility index (Phi) is 3.98. The van der Waals surface area contributed by atoms with Crippen LogP contribution in [0, 0.1) is 0 Å². The fraction of sp³-hybridized carbons (Fsp3) is 0.294. The van der Waals surface area contributed by atoms with Crippen LogP contribution in [0.1, 0.15) is 31.9 Å². The molecule has 0 radical (unpaired) electrons. The van der Waals surface area contributed by atoms with E-state index in [9.17, 15) is 5.11 Å². The molecule has 0 atom stereocenters. The SMILES string of the molecule is CC(C)(C)c1ccc(-c2cc(Cl)cc(CO)c2)cc1. The topological polar surface area (TPSA) is 20.2 Å². The lowest BCUT2D eigenvalue weighted by atomic mass is 9.86. The highest BCUT2D eigenvalue weighted by atomic mass is 35.5. The molecule has 0 unspecified atom stereocenters. The maximum atomic E-state index is 9.23. The van der Waals surface area contributed by atoms with E-state index in [0.717, 1.165) is 16.7 Å². The number of hydrogen-bond acceptors (Lipinski definition) is 1. The average Bonchev–Trinajstić information content (AvgIpc) is 2.37. The van der Waals surface area contributed by atoms with Crippen LogP contribution in [0.5, 0.6) is 0 Å². The number of rotatable bonds is 2. The summed E-state index contributed by atoms with van der Waals surface area (Å²) in [5.74, 6) is 0. The van der Waals surface area contributed by atoms with Crippen molar-refractivity contribution in [3.63, 3.8) is 0 Å². The van der Waals surface area contributed by atoms with E-state index in [-0.39, 0.29) is 12.0 Å². The fourth-order valence-electron chi connectivity index (χ4n) is 2.07. The molecule has 19 heavy (non-hydrogen) atoms. The van der Waals surface area contributed by atoms with Crippen molar-refractivity contribution >= 4 is 11.6 Å². The lowest BCUT2D eigenvalue weighted by Gasteiger charge is -2.19. The summed E-state index contributed by atoms with van der Waals surface area (Å²) in [5, 5.41) is 9.88. The highest BCUT2D eigenvalue weighted by Crippen LogP contribution is 2.28. The number of hydrogen-bond donors (Lipinski definition) is 1. The molecular formula is C17H19ClO. The zero-order valence-electron chi connectivity index (χ0n) is 11.6. The second kappa shape index (κ2) is 5.36. The third-order valence-electron chi connectivity index (χ3n) is 3.22. The summed E-state index contributed by atoms with van der Waals surface area (Å²) in [7, 11) is 0. The summed E-state index contributed by atoms with van der Waals surface area (Å²) in [6, 6.07) is 14.2. The molecule has 0 aliphatic heterocycles. The van der Waals surface area contributed by atoms with Gasteiger partial charge < -0.3 is 5.11 Å². The molecule has 0 aliphatic rings. The summed E-state index contributed by atoms with van der Waals surface area (Å²) >= 11 is 6.07. The molecule has 0 fully saturated rings. The van der Waals surface area contributed by atoms with Gasteiger partial charge in [-0.3, -0.25) is 0 Å². The monoisotopic (exact) mass is 274 g/mol. The maximum absolute atomic E-state index is 9.23. The first-order valence-corrected chi connectivity index (χ1v) is 6.79. The van der Waals surface area contributed by atoms with E-state index in [1.165, 1.54) is 5.56 Å². The molecule has 0 heterocycles. The van der Waals surface area contributed by atoms with Crippen molar-refractivity contribution in [1.29, 1.82) is 0 Å². The van der Waals surface area contributed by atoms with Gasteiger partial charge in [0.05, 0.1) is 6.61 Å². The van der Waals surface area contributed by atoms with Crippen LogP contribution in [0.4, 0.5) is 0 Å². The first-order chi connectivity index (χ1) is 8.90. The van der Waals surface area contributed by atoms with Gasteiger partial charge in [-0.05, 0) is 45.9 Å². The Morgan fingerprint density at radius 1 is 0.947 bits per heavy atom. The molecule has 2 rings (SSSR count). The van der Waals surface area contributed by atoms with E-state index in [1.807, 2.05) is 12.1 Å². The molecule has 2 heteroatoms. The van der Waals surface area contributed by atoms with Crippen molar-refractivity contribution < 1.29 is 5.11 Å². The molecular weight excluding hydrogens is 256 g/mol. The van der Waals surface area contributed by atoms with Crippen LogP contribution in [-0.2, 0) is 12.0 Å². The Morgan fingerprint density at radius 3 is 2.11 bits per heavy atom. The van der Waals surface area contributed by atoms with E-state index < -0.39 is 0 Å². The van der Waals surface area contributed by atoms with Gasteiger partial charge in [-0.25, -0.2) is 0 Å². The van der Waals surface area contributed by atoms with Crippen LogP contribution in [0.2, 0.25) is 5.02 Å². The van der Waals surface area contributed by atoms with Crippen LogP contribution < -0.4 is 0 Å². The quantitative estimate of drug-likeness (QED) is 0.834. The predicted octanol–water partition coefficient (Wildman–Crippen LogP) is 4.80. The standard InChI is InChI=1S/C17H19ClO/c1-17(2,3)15-6-4-13(5-7-15)14-8-12(11-19)9-16(18)10-14/h4-10,19H,11H2,1-3H3. The minimum atomic E-state index is 0.00757. The highest BCUT2D eigenvalue weighted by molar-refractivity contribution is 6.30. The van der Waals surface area contributed by atoms with E-state index in [0.29, 0.717) is 5.02 Å². The van der Waals surface area contributed by atoms with Crippen LogP contribution in [0.15, 0.2) is 42.5 Å². The molecule has 1 nitrogen and oxygen atoms in total. The summed E-state index contributed by atoms with van der Waals surface area (Å²) in [6.07, 6.45) is 0.